The summed E-state index contributed by atoms with van der Waals surface area (Å²) >= 11 is 3.25. The van der Waals surface area contributed by atoms with E-state index in [9.17, 15) is 4.39 Å². The zero-order valence-electron chi connectivity index (χ0n) is 11.0. The summed E-state index contributed by atoms with van der Waals surface area (Å²) in [7, 11) is 0. The molecular formula is C12H15BrFN5. The highest BCUT2D eigenvalue weighted by atomic mass is 79.9. The number of hydrogen-bond acceptors (Lipinski definition) is 4. The molecule has 0 aromatic carbocycles. The normalized spacial score (nSPS) is 11.6. The maximum Gasteiger partial charge on any atom is 0.142 e. The minimum Gasteiger partial charge on any atom is -0.363 e. The fourth-order valence-electron chi connectivity index (χ4n) is 1.43. The van der Waals surface area contributed by atoms with E-state index in [1.807, 2.05) is 6.20 Å². The van der Waals surface area contributed by atoms with Crippen molar-refractivity contribution in [3.8, 4) is 0 Å². The summed E-state index contributed by atoms with van der Waals surface area (Å²) in [5, 5.41) is 11.2. The minimum absolute atomic E-state index is 0.0973. The Balaban J connectivity index is 2.04. The first kappa shape index (κ1) is 13.9. The van der Waals surface area contributed by atoms with E-state index >= 15 is 0 Å². The van der Waals surface area contributed by atoms with Crippen LogP contribution in [0.1, 0.15) is 26.5 Å². The van der Waals surface area contributed by atoms with Crippen molar-refractivity contribution in [1.29, 1.82) is 0 Å². The van der Waals surface area contributed by atoms with Crippen molar-refractivity contribution in [3.63, 3.8) is 0 Å². The van der Waals surface area contributed by atoms with Crippen molar-refractivity contribution in [2.75, 3.05) is 5.32 Å². The van der Waals surface area contributed by atoms with Gasteiger partial charge in [-0.05, 0) is 42.8 Å². The maximum atomic E-state index is 12.9. The molecule has 0 saturated heterocycles. The Hall–Kier alpha value is -1.50. The average Bonchev–Trinajstić information content (AvgIpc) is 2.76. The Kier molecular flexibility index (Phi) is 3.84. The largest absolute Gasteiger partial charge is 0.363 e. The van der Waals surface area contributed by atoms with Gasteiger partial charge in [0.25, 0.3) is 0 Å². The van der Waals surface area contributed by atoms with Crippen LogP contribution < -0.4 is 5.32 Å². The van der Waals surface area contributed by atoms with E-state index in [1.54, 1.807) is 4.68 Å². The highest BCUT2D eigenvalue weighted by molar-refractivity contribution is 9.10. The molecule has 0 bridgehead atoms. The molecule has 2 aromatic heterocycles. The smallest absolute Gasteiger partial charge is 0.142 e. The first-order chi connectivity index (χ1) is 8.86. The molecule has 0 unspecified atom stereocenters. The van der Waals surface area contributed by atoms with Gasteiger partial charge in [0.05, 0.1) is 29.0 Å². The minimum atomic E-state index is -0.379. The molecule has 7 heteroatoms. The van der Waals surface area contributed by atoms with Gasteiger partial charge in [0.15, 0.2) is 0 Å². The second kappa shape index (κ2) is 5.24. The molecule has 2 aromatic rings. The van der Waals surface area contributed by atoms with E-state index in [2.05, 4.69) is 57.3 Å². The molecule has 2 heterocycles. The quantitative estimate of drug-likeness (QED) is 0.941. The molecule has 1 N–H and O–H groups in total. The molecule has 0 amide bonds. The summed E-state index contributed by atoms with van der Waals surface area (Å²) in [6.07, 6.45) is 3.05. The molecule has 102 valence electrons. The van der Waals surface area contributed by atoms with Crippen LogP contribution in [0.15, 0.2) is 22.9 Å². The lowest BCUT2D eigenvalue weighted by Crippen LogP contribution is -2.22. The Bertz CT molecular complexity index is 576. The highest BCUT2D eigenvalue weighted by Crippen LogP contribution is 2.20. The molecule has 0 radical (unpaired) electrons. The number of nitrogens with one attached hydrogen (secondary N) is 1. The van der Waals surface area contributed by atoms with Gasteiger partial charge in [0.2, 0.25) is 0 Å². The van der Waals surface area contributed by atoms with Crippen LogP contribution in [-0.2, 0) is 12.1 Å². The van der Waals surface area contributed by atoms with Gasteiger partial charge in [-0.15, -0.1) is 5.10 Å². The van der Waals surface area contributed by atoms with E-state index in [1.165, 1.54) is 12.3 Å². The van der Waals surface area contributed by atoms with E-state index in [4.69, 9.17) is 0 Å². The standard InChI is InChI=1S/C12H15BrFN5/c1-12(2,3)19-7-9(17-18-19)6-16-11-10(13)4-8(14)5-15-11/h4-5,7H,6H2,1-3H3,(H,15,16). The van der Waals surface area contributed by atoms with Crippen LogP contribution in [-0.4, -0.2) is 20.0 Å². The monoisotopic (exact) mass is 327 g/mol. The van der Waals surface area contributed by atoms with E-state index in [0.29, 0.717) is 16.8 Å². The Morgan fingerprint density at radius 1 is 1.42 bits per heavy atom. The molecule has 5 nitrogen and oxygen atoms in total. The fraction of sp³-hybridized carbons (Fsp3) is 0.417. The van der Waals surface area contributed by atoms with Crippen LogP contribution >= 0.6 is 15.9 Å². The third-order valence-electron chi connectivity index (χ3n) is 2.47. The predicted octanol–water partition coefficient (Wildman–Crippen LogP) is 2.94. The topological polar surface area (TPSA) is 55.6 Å². The van der Waals surface area contributed by atoms with Crippen LogP contribution in [0.5, 0.6) is 0 Å². The van der Waals surface area contributed by atoms with Gasteiger partial charge in [-0.3, -0.25) is 0 Å². The number of halogens is 2. The average molecular weight is 328 g/mol. The maximum absolute atomic E-state index is 12.9. The lowest BCUT2D eigenvalue weighted by molar-refractivity contribution is 0.347. The SMILES string of the molecule is CC(C)(C)n1cc(CNc2ncc(F)cc2Br)nn1. The molecule has 0 aliphatic heterocycles. The van der Waals surface area contributed by atoms with Crippen LogP contribution in [0.3, 0.4) is 0 Å². The van der Waals surface area contributed by atoms with Gasteiger partial charge in [-0.2, -0.15) is 0 Å². The van der Waals surface area contributed by atoms with E-state index in [-0.39, 0.29) is 11.4 Å². The summed E-state index contributed by atoms with van der Waals surface area (Å²) in [4.78, 5) is 3.96. The lowest BCUT2D eigenvalue weighted by atomic mass is 10.1. The predicted molar refractivity (Wildman–Crippen MR) is 74.2 cm³/mol. The van der Waals surface area contributed by atoms with Crippen LogP contribution in [0.25, 0.3) is 0 Å². The molecule has 0 spiro atoms. The summed E-state index contributed by atoms with van der Waals surface area (Å²) in [5.74, 6) is 0.197. The van der Waals surface area contributed by atoms with Crippen LogP contribution in [0.2, 0.25) is 0 Å². The van der Waals surface area contributed by atoms with E-state index in [0.717, 1.165) is 5.69 Å². The van der Waals surface area contributed by atoms with Crippen molar-refractivity contribution in [1.82, 2.24) is 20.0 Å². The van der Waals surface area contributed by atoms with Crippen molar-refractivity contribution in [2.45, 2.75) is 32.9 Å². The summed E-state index contributed by atoms with van der Waals surface area (Å²) < 4.78 is 15.3. The number of pyridine rings is 1. The van der Waals surface area contributed by atoms with Crippen molar-refractivity contribution >= 4 is 21.7 Å². The lowest BCUT2D eigenvalue weighted by Gasteiger charge is -2.17. The first-order valence-electron chi connectivity index (χ1n) is 5.83. The molecule has 0 atom stereocenters. The number of nitrogens with zero attached hydrogens (tertiary/aromatic N) is 4. The van der Waals surface area contributed by atoms with Crippen LogP contribution in [0.4, 0.5) is 10.2 Å². The number of hydrogen-bond donors (Lipinski definition) is 1. The fourth-order valence-corrected chi connectivity index (χ4v) is 1.89. The van der Waals surface area contributed by atoms with Gasteiger partial charge < -0.3 is 5.32 Å². The Morgan fingerprint density at radius 3 is 2.74 bits per heavy atom. The van der Waals surface area contributed by atoms with Gasteiger partial charge in [0, 0.05) is 0 Å². The molecule has 0 saturated carbocycles. The van der Waals surface area contributed by atoms with Crippen molar-refractivity contribution in [2.24, 2.45) is 0 Å². The second-order valence-electron chi connectivity index (χ2n) is 5.16. The number of rotatable bonds is 3. The van der Waals surface area contributed by atoms with Gasteiger partial charge in [-0.25, -0.2) is 14.1 Å². The van der Waals surface area contributed by atoms with Crippen molar-refractivity contribution in [3.05, 3.63) is 34.4 Å². The summed E-state index contributed by atoms with van der Waals surface area (Å²) in [6.45, 7) is 6.64. The molecular weight excluding hydrogens is 313 g/mol. The van der Waals surface area contributed by atoms with E-state index < -0.39 is 0 Å². The van der Waals surface area contributed by atoms with Gasteiger partial charge >= 0.3 is 0 Å². The summed E-state index contributed by atoms with van der Waals surface area (Å²) in [5.41, 5.74) is 0.702. The van der Waals surface area contributed by atoms with Gasteiger partial charge in [0.1, 0.15) is 17.3 Å². The third-order valence-corrected chi connectivity index (χ3v) is 3.08. The first-order valence-corrected chi connectivity index (χ1v) is 6.62. The summed E-state index contributed by atoms with van der Waals surface area (Å²) in [6, 6.07) is 1.36. The second-order valence-corrected chi connectivity index (χ2v) is 6.02. The third kappa shape index (κ3) is 3.50. The molecule has 0 aliphatic carbocycles. The highest BCUT2D eigenvalue weighted by Gasteiger charge is 2.15. The number of aromatic nitrogens is 4. The number of anilines is 1. The zero-order valence-corrected chi connectivity index (χ0v) is 12.6. The Labute approximate surface area is 119 Å². The van der Waals surface area contributed by atoms with Crippen LogP contribution in [0, 0.1) is 5.82 Å². The zero-order chi connectivity index (χ0) is 14.0. The molecule has 2 rings (SSSR count). The van der Waals surface area contributed by atoms with Crippen molar-refractivity contribution < 1.29 is 4.39 Å². The Morgan fingerprint density at radius 2 is 2.16 bits per heavy atom. The molecule has 19 heavy (non-hydrogen) atoms. The van der Waals surface area contributed by atoms with Gasteiger partial charge in [-0.1, -0.05) is 5.21 Å². The molecule has 0 fully saturated rings. The molecule has 0 aliphatic rings.